The number of nitrogen functional groups attached to an aromatic ring is 1. The van der Waals surface area contributed by atoms with E-state index < -0.39 is 0 Å². The molecule has 0 saturated carbocycles. The van der Waals surface area contributed by atoms with E-state index in [1.165, 1.54) is 0 Å². The second-order valence-electron chi connectivity index (χ2n) is 6.51. The first-order chi connectivity index (χ1) is 12.6. The standard InChI is InChI=1S/C20H22N4O2/c1-12(19-16-10-14(21)4-7-17(16)24-20(19)25)23-15-5-2-13(3-6-15)18-11-22-8-9-26-18/h2-7,10,18,22,24-25H,8-9,11,21H2,1H3. The Morgan fingerprint density at radius 1 is 1.23 bits per heavy atom. The highest BCUT2D eigenvalue weighted by atomic mass is 16.5. The van der Waals surface area contributed by atoms with Gasteiger partial charge in [0.1, 0.15) is 0 Å². The number of nitrogens with zero attached hydrogens (tertiary/aromatic N) is 1. The van der Waals surface area contributed by atoms with Crippen LogP contribution in [0, 0.1) is 0 Å². The van der Waals surface area contributed by atoms with Crippen molar-refractivity contribution in [2.75, 3.05) is 25.4 Å². The number of aromatic amines is 1. The fourth-order valence-electron chi connectivity index (χ4n) is 3.35. The summed E-state index contributed by atoms with van der Waals surface area (Å²) in [6.07, 6.45) is 0.0866. The zero-order valence-electron chi connectivity index (χ0n) is 14.6. The maximum atomic E-state index is 10.3. The predicted molar refractivity (Wildman–Crippen MR) is 104 cm³/mol. The number of ether oxygens (including phenoxy) is 1. The Balaban J connectivity index is 1.64. The fourth-order valence-corrected chi connectivity index (χ4v) is 3.35. The number of benzene rings is 2. The van der Waals surface area contributed by atoms with Gasteiger partial charge in [0.2, 0.25) is 0 Å². The molecule has 1 saturated heterocycles. The maximum absolute atomic E-state index is 10.3. The molecule has 2 heterocycles. The van der Waals surface area contributed by atoms with Crippen LogP contribution < -0.4 is 11.1 Å². The molecule has 0 bridgehead atoms. The lowest BCUT2D eigenvalue weighted by Crippen LogP contribution is -2.33. The first kappa shape index (κ1) is 16.6. The molecular formula is C20H22N4O2. The monoisotopic (exact) mass is 350 g/mol. The molecule has 0 spiro atoms. The smallest absolute Gasteiger partial charge is 0.198 e. The highest BCUT2D eigenvalue weighted by molar-refractivity contribution is 6.13. The summed E-state index contributed by atoms with van der Waals surface area (Å²) in [6, 6.07) is 13.5. The highest BCUT2D eigenvalue weighted by Gasteiger charge is 2.16. The van der Waals surface area contributed by atoms with E-state index in [1.807, 2.05) is 43.3 Å². The third kappa shape index (κ3) is 3.16. The van der Waals surface area contributed by atoms with Crippen LogP contribution in [-0.4, -0.2) is 35.5 Å². The zero-order valence-corrected chi connectivity index (χ0v) is 14.6. The first-order valence-corrected chi connectivity index (χ1v) is 8.70. The van der Waals surface area contributed by atoms with Crippen LogP contribution in [0.5, 0.6) is 5.88 Å². The molecule has 2 aromatic carbocycles. The number of H-pyrrole nitrogens is 1. The highest BCUT2D eigenvalue weighted by Crippen LogP contribution is 2.30. The molecule has 1 fully saturated rings. The van der Waals surface area contributed by atoms with Gasteiger partial charge in [-0.25, -0.2) is 0 Å². The van der Waals surface area contributed by atoms with Gasteiger partial charge >= 0.3 is 0 Å². The first-order valence-electron chi connectivity index (χ1n) is 8.70. The number of nitrogens with one attached hydrogen (secondary N) is 2. The summed E-state index contributed by atoms with van der Waals surface area (Å²) >= 11 is 0. The number of aromatic hydroxyl groups is 1. The predicted octanol–water partition coefficient (Wildman–Crippen LogP) is 3.26. The van der Waals surface area contributed by atoms with E-state index in [4.69, 9.17) is 10.5 Å². The van der Waals surface area contributed by atoms with Gasteiger partial charge < -0.3 is 25.9 Å². The summed E-state index contributed by atoms with van der Waals surface area (Å²) in [5, 5.41) is 14.5. The summed E-state index contributed by atoms with van der Waals surface area (Å²) in [4.78, 5) is 7.64. The lowest BCUT2D eigenvalue weighted by Gasteiger charge is -2.23. The van der Waals surface area contributed by atoms with Crippen molar-refractivity contribution >= 4 is 28.0 Å². The summed E-state index contributed by atoms with van der Waals surface area (Å²) < 4.78 is 5.77. The molecule has 1 aliphatic heterocycles. The minimum Gasteiger partial charge on any atom is -0.494 e. The Hall–Kier alpha value is -2.83. The maximum Gasteiger partial charge on any atom is 0.198 e. The number of aromatic nitrogens is 1. The molecular weight excluding hydrogens is 328 g/mol. The van der Waals surface area contributed by atoms with Crippen molar-refractivity contribution in [1.82, 2.24) is 10.3 Å². The van der Waals surface area contributed by atoms with Crippen molar-refractivity contribution in [3.8, 4) is 5.88 Å². The molecule has 1 aromatic heterocycles. The normalized spacial score (nSPS) is 18.3. The summed E-state index contributed by atoms with van der Waals surface area (Å²) in [7, 11) is 0. The van der Waals surface area contributed by atoms with Gasteiger partial charge in [0.25, 0.3) is 0 Å². The van der Waals surface area contributed by atoms with Gasteiger partial charge in [-0.1, -0.05) is 12.1 Å². The summed E-state index contributed by atoms with van der Waals surface area (Å²) in [6.45, 7) is 4.34. The van der Waals surface area contributed by atoms with Crippen LogP contribution in [-0.2, 0) is 4.74 Å². The molecule has 0 amide bonds. The molecule has 0 aliphatic carbocycles. The van der Waals surface area contributed by atoms with E-state index in [9.17, 15) is 5.11 Å². The number of morpholine rings is 1. The number of anilines is 1. The van der Waals surface area contributed by atoms with Crippen molar-refractivity contribution in [3.63, 3.8) is 0 Å². The van der Waals surface area contributed by atoms with Crippen LogP contribution in [0.15, 0.2) is 47.5 Å². The fraction of sp³-hybridized carbons (Fsp3) is 0.250. The molecule has 3 aromatic rings. The van der Waals surface area contributed by atoms with Crippen molar-refractivity contribution in [2.24, 2.45) is 4.99 Å². The summed E-state index contributed by atoms with van der Waals surface area (Å²) in [5.41, 5.74) is 10.7. The Bertz CT molecular complexity index is 954. The number of rotatable bonds is 3. The molecule has 1 atom stereocenters. The number of hydrogen-bond donors (Lipinski definition) is 4. The van der Waals surface area contributed by atoms with Gasteiger partial charge in [0.15, 0.2) is 5.88 Å². The SMILES string of the molecule is CC(=Nc1ccc(C2CNCCO2)cc1)c1c(O)[nH]c2ccc(N)cc12. The molecule has 1 unspecified atom stereocenters. The van der Waals surface area contributed by atoms with Gasteiger partial charge in [-0.15, -0.1) is 0 Å². The summed E-state index contributed by atoms with van der Waals surface area (Å²) in [5.74, 6) is 0.102. The number of hydrogen-bond acceptors (Lipinski definition) is 5. The van der Waals surface area contributed by atoms with Crippen LogP contribution in [0.1, 0.15) is 24.2 Å². The van der Waals surface area contributed by atoms with Crippen LogP contribution in [0.25, 0.3) is 10.9 Å². The van der Waals surface area contributed by atoms with E-state index in [0.717, 1.165) is 47.6 Å². The molecule has 1 aliphatic rings. The number of fused-ring (bicyclic) bond motifs is 1. The number of nitrogens with two attached hydrogens (primary N) is 1. The molecule has 6 nitrogen and oxygen atoms in total. The van der Waals surface area contributed by atoms with Gasteiger partial charge in [0, 0.05) is 29.7 Å². The minimum atomic E-state index is 0.0866. The Kier molecular flexibility index (Phi) is 4.36. The molecule has 6 heteroatoms. The molecule has 26 heavy (non-hydrogen) atoms. The van der Waals surface area contributed by atoms with Crippen LogP contribution in [0.3, 0.4) is 0 Å². The second kappa shape index (κ2) is 6.82. The van der Waals surface area contributed by atoms with E-state index in [1.54, 1.807) is 6.07 Å². The Morgan fingerprint density at radius 3 is 2.77 bits per heavy atom. The Morgan fingerprint density at radius 2 is 2.04 bits per heavy atom. The van der Waals surface area contributed by atoms with Crippen molar-refractivity contribution in [3.05, 3.63) is 53.6 Å². The third-order valence-electron chi connectivity index (χ3n) is 4.65. The van der Waals surface area contributed by atoms with E-state index >= 15 is 0 Å². The van der Waals surface area contributed by atoms with E-state index in [0.29, 0.717) is 11.3 Å². The average molecular weight is 350 g/mol. The van der Waals surface area contributed by atoms with Gasteiger partial charge in [-0.05, 0) is 42.8 Å². The largest absolute Gasteiger partial charge is 0.494 e. The molecule has 134 valence electrons. The van der Waals surface area contributed by atoms with Crippen molar-refractivity contribution in [1.29, 1.82) is 0 Å². The van der Waals surface area contributed by atoms with Gasteiger partial charge in [-0.3, -0.25) is 4.99 Å². The van der Waals surface area contributed by atoms with Gasteiger partial charge in [-0.2, -0.15) is 0 Å². The third-order valence-corrected chi connectivity index (χ3v) is 4.65. The van der Waals surface area contributed by atoms with Crippen LogP contribution >= 0.6 is 0 Å². The van der Waals surface area contributed by atoms with Crippen LogP contribution in [0.4, 0.5) is 11.4 Å². The second-order valence-corrected chi connectivity index (χ2v) is 6.51. The lowest BCUT2D eigenvalue weighted by molar-refractivity contribution is 0.0277. The molecule has 5 N–H and O–H groups in total. The molecule has 4 rings (SSSR count). The average Bonchev–Trinajstić information content (AvgIpc) is 2.98. The lowest BCUT2D eigenvalue weighted by atomic mass is 10.1. The van der Waals surface area contributed by atoms with Crippen molar-refractivity contribution in [2.45, 2.75) is 13.0 Å². The van der Waals surface area contributed by atoms with Crippen LogP contribution in [0.2, 0.25) is 0 Å². The topological polar surface area (TPSA) is 95.7 Å². The molecule has 0 radical (unpaired) electrons. The minimum absolute atomic E-state index is 0.0866. The zero-order chi connectivity index (χ0) is 18.1. The quantitative estimate of drug-likeness (QED) is 0.431. The number of aliphatic imine (C=N–C) groups is 1. The van der Waals surface area contributed by atoms with Crippen molar-refractivity contribution < 1.29 is 9.84 Å². The van der Waals surface area contributed by atoms with E-state index in [-0.39, 0.29) is 12.0 Å². The van der Waals surface area contributed by atoms with Gasteiger partial charge in [0.05, 0.1) is 29.7 Å². The Labute approximate surface area is 151 Å². The van der Waals surface area contributed by atoms with E-state index in [2.05, 4.69) is 15.3 Å².